The molecule has 0 unspecified atom stereocenters. The zero-order chi connectivity index (χ0) is 17.6. The lowest BCUT2D eigenvalue weighted by atomic mass is 10.1. The zero-order valence-corrected chi connectivity index (χ0v) is 14.1. The number of ether oxygens (including phenoxy) is 1. The molecule has 7 nitrogen and oxygen atoms in total. The van der Waals surface area contributed by atoms with Gasteiger partial charge in [0.15, 0.2) is 0 Å². The van der Waals surface area contributed by atoms with Gasteiger partial charge >= 0.3 is 0 Å². The molecule has 2 aromatic heterocycles. The second-order valence-electron chi connectivity index (χ2n) is 5.37. The van der Waals surface area contributed by atoms with Gasteiger partial charge in [0.1, 0.15) is 5.75 Å². The Hall–Kier alpha value is -3.22. The number of nitrogens with zero attached hydrogens (tertiary/aromatic N) is 4. The van der Waals surface area contributed by atoms with E-state index in [1.54, 1.807) is 41.5 Å². The molecule has 0 aliphatic rings. The summed E-state index contributed by atoms with van der Waals surface area (Å²) in [6.45, 7) is 2.64. The lowest BCUT2D eigenvalue weighted by molar-refractivity contribution is 0.0946. The minimum Gasteiger partial charge on any atom is -0.493 e. The van der Waals surface area contributed by atoms with Gasteiger partial charge in [0.05, 0.1) is 36.3 Å². The summed E-state index contributed by atoms with van der Waals surface area (Å²) in [5, 5.41) is 7.04. The van der Waals surface area contributed by atoms with Crippen molar-refractivity contribution in [2.24, 2.45) is 7.05 Å². The number of hydrogen-bond donors (Lipinski definition) is 1. The topological polar surface area (TPSA) is 81.9 Å². The number of carbonyl (C=O) groups is 1. The molecule has 0 fully saturated rings. The van der Waals surface area contributed by atoms with Crippen LogP contribution in [0.5, 0.6) is 5.75 Å². The van der Waals surface area contributed by atoms with Gasteiger partial charge in [-0.25, -0.2) is 0 Å². The molecule has 128 valence electrons. The molecule has 3 rings (SSSR count). The molecule has 0 saturated carbocycles. The van der Waals surface area contributed by atoms with Crippen molar-refractivity contribution >= 4 is 5.91 Å². The van der Waals surface area contributed by atoms with Crippen LogP contribution in [0.1, 0.15) is 23.0 Å². The van der Waals surface area contributed by atoms with Crippen molar-refractivity contribution in [2.45, 2.75) is 13.5 Å². The van der Waals surface area contributed by atoms with E-state index in [4.69, 9.17) is 4.74 Å². The minimum atomic E-state index is -0.216. The molecule has 7 heteroatoms. The third kappa shape index (κ3) is 3.82. The molecule has 25 heavy (non-hydrogen) atoms. The summed E-state index contributed by atoms with van der Waals surface area (Å²) in [6, 6.07) is 7.16. The maximum absolute atomic E-state index is 12.5. The number of aryl methyl sites for hydroxylation is 1. The van der Waals surface area contributed by atoms with Crippen LogP contribution in [0.2, 0.25) is 0 Å². The van der Waals surface area contributed by atoms with Gasteiger partial charge in [0.2, 0.25) is 0 Å². The van der Waals surface area contributed by atoms with E-state index < -0.39 is 0 Å². The van der Waals surface area contributed by atoms with Crippen LogP contribution in [0.15, 0.2) is 49.1 Å². The van der Waals surface area contributed by atoms with E-state index >= 15 is 0 Å². The highest BCUT2D eigenvalue weighted by atomic mass is 16.5. The molecule has 1 aromatic carbocycles. The SMILES string of the molecule is CCOc1ccccc1C(=O)NCc1nccnc1-c1cnn(C)c1. The third-order valence-corrected chi connectivity index (χ3v) is 3.60. The van der Waals surface area contributed by atoms with Gasteiger partial charge in [-0.3, -0.25) is 19.4 Å². The Kier molecular flexibility index (Phi) is 5.03. The predicted molar refractivity (Wildman–Crippen MR) is 93.0 cm³/mol. The number of benzene rings is 1. The van der Waals surface area contributed by atoms with Crippen molar-refractivity contribution in [1.29, 1.82) is 0 Å². The van der Waals surface area contributed by atoms with Gasteiger partial charge in [0, 0.05) is 31.2 Å². The largest absolute Gasteiger partial charge is 0.493 e. The number of hydrogen-bond acceptors (Lipinski definition) is 5. The van der Waals surface area contributed by atoms with Gasteiger partial charge in [-0.2, -0.15) is 5.10 Å². The first-order chi connectivity index (χ1) is 12.2. The number of aromatic nitrogens is 4. The van der Waals surface area contributed by atoms with Gasteiger partial charge < -0.3 is 10.1 Å². The fourth-order valence-corrected chi connectivity index (χ4v) is 2.48. The molecule has 3 aromatic rings. The van der Waals surface area contributed by atoms with E-state index in [1.807, 2.05) is 26.2 Å². The van der Waals surface area contributed by atoms with Crippen LogP contribution < -0.4 is 10.1 Å². The summed E-state index contributed by atoms with van der Waals surface area (Å²) in [7, 11) is 1.84. The van der Waals surface area contributed by atoms with E-state index in [-0.39, 0.29) is 12.5 Å². The molecule has 1 N–H and O–H groups in total. The van der Waals surface area contributed by atoms with Gasteiger partial charge in [0.25, 0.3) is 5.91 Å². The molecular weight excluding hydrogens is 318 g/mol. The van der Waals surface area contributed by atoms with Crippen LogP contribution in [0, 0.1) is 0 Å². The highest BCUT2D eigenvalue weighted by Gasteiger charge is 2.14. The van der Waals surface area contributed by atoms with E-state index in [2.05, 4.69) is 20.4 Å². The van der Waals surface area contributed by atoms with Crippen LogP contribution in [0.3, 0.4) is 0 Å². The second-order valence-corrected chi connectivity index (χ2v) is 5.37. The molecule has 0 bridgehead atoms. The Bertz CT molecular complexity index is 875. The summed E-state index contributed by atoms with van der Waals surface area (Å²) in [6.07, 6.45) is 6.81. The fraction of sp³-hybridized carbons (Fsp3) is 0.222. The van der Waals surface area contributed by atoms with Crippen LogP contribution in [0.4, 0.5) is 0 Å². The van der Waals surface area contributed by atoms with Crippen molar-refractivity contribution in [3.05, 3.63) is 60.3 Å². The second kappa shape index (κ2) is 7.57. The van der Waals surface area contributed by atoms with Crippen LogP contribution in [0.25, 0.3) is 11.3 Å². The Labute approximate surface area is 145 Å². The molecule has 0 aliphatic carbocycles. The van der Waals surface area contributed by atoms with Crippen molar-refractivity contribution < 1.29 is 9.53 Å². The average molecular weight is 337 g/mol. The smallest absolute Gasteiger partial charge is 0.255 e. The number of rotatable bonds is 6. The van der Waals surface area contributed by atoms with E-state index in [0.29, 0.717) is 29.3 Å². The highest BCUT2D eigenvalue weighted by molar-refractivity contribution is 5.96. The first-order valence-corrected chi connectivity index (χ1v) is 7.98. The Morgan fingerprint density at radius 2 is 2.04 bits per heavy atom. The van der Waals surface area contributed by atoms with Gasteiger partial charge in [-0.1, -0.05) is 12.1 Å². The zero-order valence-electron chi connectivity index (χ0n) is 14.1. The molecular formula is C18H19N5O2. The normalized spacial score (nSPS) is 10.5. The van der Waals surface area contributed by atoms with Crippen molar-refractivity contribution in [3.63, 3.8) is 0 Å². The van der Waals surface area contributed by atoms with Crippen LogP contribution in [-0.4, -0.2) is 32.3 Å². The number of nitrogens with one attached hydrogen (secondary N) is 1. The summed E-state index contributed by atoms with van der Waals surface area (Å²) in [4.78, 5) is 21.2. The summed E-state index contributed by atoms with van der Waals surface area (Å²) in [5.41, 5.74) is 2.73. The molecule has 2 heterocycles. The van der Waals surface area contributed by atoms with E-state index in [0.717, 1.165) is 5.56 Å². The molecule has 0 radical (unpaired) electrons. The van der Waals surface area contributed by atoms with E-state index in [1.165, 1.54) is 0 Å². The maximum Gasteiger partial charge on any atom is 0.255 e. The Balaban J connectivity index is 1.77. The minimum absolute atomic E-state index is 0.216. The lowest BCUT2D eigenvalue weighted by Gasteiger charge is -2.11. The van der Waals surface area contributed by atoms with Gasteiger partial charge in [-0.15, -0.1) is 0 Å². The lowest BCUT2D eigenvalue weighted by Crippen LogP contribution is -2.24. The Morgan fingerprint density at radius 3 is 2.80 bits per heavy atom. The molecule has 0 saturated heterocycles. The summed E-state index contributed by atoms with van der Waals surface area (Å²) in [5.74, 6) is 0.348. The predicted octanol–water partition coefficient (Wildman–Crippen LogP) is 2.21. The van der Waals surface area contributed by atoms with Crippen molar-refractivity contribution in [1.82, 2.24) is 25.1 Å². The van der Waals surface area contributed by atoms with Crippen LogP contribution >= 0.6 is 0 Å². The fourth-order valence-electron chi connectivity index (χ4n) is 2.48. The van der Waals surface area contributed by atoms with Crippen molar-refractivity contribution in [3.8, 4) is 17.0 Å². The average Bonchev–Trinajstić information content (AvgIpc) is 3.07. The standard InChI is InChI=1S/C18H19N5O2/c1-3-25-16-7-5-4-6-14(16)18(24)21-11-15-17(20-9-8-19-15)13-10-22-23(2)12-13/h4-10,12H,3,11H2,1-2H3,(H,21,24). The summed E-state index contributed by atoms with van der Waals surface area (Å²) >= 11 is 0. The number of carbonyl (C=O) groups excluding carboxylic acids is 1. The van der Waals surface area contributed by atoms with Crippen molar-refractivity contribution in [2.75, 3.05) is 6.61 Å². The highest BCUT2D eigenvalue weighted by Crippen LogP contribution is 2.20. The number of amides is 1. The summed E-state index contributed by atoms with van der Waals surface area (Å²) < 4.78 is 7.21. The quantitative estimate of drug-likeness (QED) is 0.746. The first kappa shape index (κ1) is 16.6. The molecule has 0 spiro atoms. The number of para-hydroxylation sites is 1. The van der Waals surface area contributed by atoms with E-state index in [9.17, 15) is 4.79 Å². The van der Waals surface area contributed by atoms with Crippen LogP contribution in [-0.2, 0) is 13.6 Å². The third-order valence-electron chi connectivity index (χ3n) is 3.60. The first-order valence-electron chi connectivity index (χ1n) is 7.98. The molecule has 1 amide bonds. The molecule has 0 aliphatic heterocycles. The molecule has 0 atom stereocenters. The Morgan fingerprint density at radius 1 is 1.24 bits per heavy atom. The van der Waals surface area contributed by atoms with Gasteiger partial charge in [-0.05, 0) is 19.1 Å². The maximum atomic E-state index is 12.5. The monoisotopic (exact) mass is 337 g/mol.